The maximum Gasteiger partial charge on any atom is 0.326 e. The van der Waals surface area contributed by atoms with Gasteiger partial charge in [0.1, 0.15) is 13.2 Å². The molecule has 0 fully saturated rings. The highest BCUT2D eigenvalue weighted by molar-refractivity contribution is 5.86. The Morgan fingerprint density at radius 1 is 1.33 bits per heavy atom. The van der Waals surface area contributed by atoms with Crippen LogP contribution in [0.1, 0.15) is 25.8 Å². The quantitative estimate of drug-likeness (QED) is 0.568. The van der Waals surface area contributed by atoms with Gasteiger partial charge in [-0.3, -0.25) is 4.79 Å². The van der Waals surface area contributed by atoms with Crippen molar-refractivity contribution >= 4 is 11.9 Å². The SMILES string of the molecule is [2H]N[C@@H](CC(C)C)C(=O)N[C@@H](Cc1ccc(O)cc1)C(=O)O. The Labute approximate surface area is 125 Å². The van der Waals surface area contributed by atoms with Crippen LogP contribution in [0.5, 0.6) is 5.75 Å². The number of nitrogens with two attached hydrogens (primary N) is 1. The zero-order valence-corrected chi connectivity index (χ0v) is 12.2. The largest absolute Gasteiger partial charge is 0.508 e. The number of nitrogens with one attached hydrogen (secondary N) is 1. The van der Waals surface area contributed by atoms with Gasteiger partial charge in [0.25, 0.3) is 0 Å². The summed E-state index contributed by atoms with van der Waals surface area (Å²) in [5.74, 6) is -1.35. The van der Waals surface area contributed by atoms with Gasteiger partial charge >= 0.3 is 5.97 Å². The van der Waals surface area contributed by atoms with E-state index >= 15 is 0 Å². The number of rotatable bonds is 8. The number of benzene rings is 1. The lowest BCUT2D eigenvalue weighted by molar-refractivity contribution is -0.142. The predicted molar refractivity (Wildman–Crippen MR) is 78.8 cm³/mol. The first-order chi connectivity index (χ1) is 10.3. The molecule has 1 rings (SSSR count). The Hall–Kier alpha value is -2.08. The van der Waals surface area contributed by atoms with Gasteiger partial charge in [0.2, 0.25) is 5.91 Å². The molecular formula is C15H22N2O4. The Kier molecular flexibility index (Phi) is 5.57. The molecule has 0 aliphatic heterocycles. The monoisotopic (exact) mass is 295 g/mol. The van der Waals surface area contributed by atoms with Crippen LogP contribution in [0.2, 0.25) is 1.41 Å². The maximum absolute atomic E-state index is 12.1. The lowest BCUT2D eigenvalue weighted by Crippen LogP contribution is -2.49. The van der Waals surface area contributed by atoms with E-state index in [2.05, 4.69) is 11.0 Å². The summed E-state index contributed by atoms with van der Waals surface area (Å²) >= 11 is 0. The topological polar surface area (TPSA) is 113 Å². The summed E-state index contributed by atoms with van der Waals surface area (Å²) in [6.45, 7) is 3.84. The standard InChI is InChI=1S/C15H22N2O4/c1-9(2)7-12(16)14(19)17-13(15(20)21)8-10-3-5-11(18)6-4-10/h3-6,9,12-13,18H,7-8,16H2,1-2H3,(H,17,19)(H,20,21)/t12-,13-/m0/s1/i/hD. The van der Waals surface area contributed by atoms with Crippen LogP contribution in [0.15, 0.2) is 24.3 Å². The number of carboxylic acids is 1. The first-order valence-corrected chi connectivity index (χ1v) is 6.81. The second-order valence-electron chi connectivity index (χ2n) is 5.45. The third-order valence-electron chi connectivity index (χ3n) is 3.01. The molecule has 21 heavy (non-hydrogen) atoms. The normalized spacial score (nSPS) is 14.3. The van der Waals surface area contributed by atoms with Crippen molar-refractivity contribution in [2.24, 2.45) is 11.6 Å². The van der Waals surface area contributed by atoms with Crippen molar-refractivity contribution in [3.05, 3.63) is 29.8 Å². The number of aliphatic carboxylic acids is 1. The second kappa shape index (κ2) is 7.64. The zero-order chi connectivity index (χ0) is 16.7. The molecule has 6 nitrogen and oxygen atoms in total. The lowest BCUT2D eigenvalue weighted by Gasteiger charge is -2.19. The summed E-state index contributed by atoms with van der Waals surface area (Å²) in [4.78, 5) is 23.4. The van der Waals surface area contributed by atoms with E-state index in [1.165, 1.54) is 12.1 Å². The van der Waals surface area contributed by atoms with Crippen molar-refractivity contribution < 1.29 is 21.2 Å². The van der Waals surface area contributed by atoms with Crippen LogP contribution in [0.4, 0.5) is 0 Å². The Balaban J connectivity index is 2.73. The molecule has 1 aromatic rings. The molecule has 0 unspecified atom stereocenters. The maximum atomic E-state index is 12.1. The number of phenolic OH excluding ortho intramolecular Hbond substituents is 1. The lowest BCUT2D eigenvalue weighted by atomic mass is 10.0. The van der Waals surface area contributed by atoms with Gasteiger partial charge < -0.3 is 21.3 Å². The first-order valence-electron chi connectivity index (χ1n) is 7.31. The summed E-state index contributed by atoms with van der Waals surface area (Å²) in [5.41, 5.74) is 2.85. The molecular weight excluding hydrogens is 272 g/mol. The van der Waals surface area contributed by atoms with E-state index in [0.717, 1.165) is 0 Å². The van der Waals surface area contributed by atoms with E-state index in [1.807, 2.05) is 13.8 Å². The van der Waals surface area contributed by atoms with E-state index in [0.29, 0.717) is 12.0 Å². The van der Waals surface area contributed by atoms with Crippen molar-refractivity contribution in [3.63, 3.8) is 0 Å². The molecule has 5 N–H and O–H groups in total. The summed E-state index contributed by atoms with van der Waals surface area (Å²) in [7, 11) is 0. The molecule has 2 atom stereocenters. The van der Waals surface area contributed by atoms with Crippen LogP contribution < -0.4 is 11.0 Å². The summed E-state index contributed by atoms with van der Waals surface area (Å²) in [6, 6.07) is 4.30. The van der Waals surface area contributed by atoms with Gasteiger partial charge in [-0.2, -0.15) is 0 Å². The molecule has 0 aromatic heterocycles. The number of carboxylic acid groups (broad SMARTS) is 1. The fourth-order valence-electron chi connectivity index (χ4n) is 1.92. The number of hydrogen-bond donors (Lipinski definition) is 4. The average Bonchev–Trinajstić information content (AvgIpc) is 2.45. The second-order valence-corrected chi connectivity index (χ2v) is 5.45. The molecule has 116 valence electrons. The fourth-order valence-corrected chi connectivity index (χ4v) is 1.92. The number of carbonyl (C=O) groups is 2. The number of aromatic hydroxyl groups is 1. The molecule has 0 aliphatic carbocycles. The third kappa shape index (κ3) is 5.83. The van der Waals surface area contributed by atoms with E-state index in [4.69, 9.17) is 1.41 Å². The van der Waals surface area contributed by atoms with E-state index < -0.39 is 24.0 Å². The Bertz CT molecular complexity index is 505. The van der Waals surface area contributed by atoms with Gasteiger partial charge in [-0.25, -0.2) is 4.79 Å². The van der Waals surface area contributed by atoms with Crippen LogP contribution in [-0.2, 0) is 16.0 Å². The van der Waals surface area contributed by atoms with Crippen LogP contribution in [0.3, 0.4) is 0 Å². The van der Waals surface area contributed by atoms with E-state index in [-0.39, 0.29) is 18.1 Å². The van der Waals surface area contributed by atoms with Crippen LogP contribution in [0, 0.1) is 5.92 Å². The number of carbonyl (C=O) groups excluding carboxylic acids is 1. The summed E-state index contributed by atoms with van der Waals surface area (Å²) in [6.07, 6.45) is 0.550. The molecule has 6 heteroatoms. The van der Waals surface area contributed by atoms with Gasteiger partial charge in [-0.1, -0.05) is 26.0 Å². The van der Waals surface area contributed by atoms with Gasteiger partial charge in [0.15, 0.2) is 0 Å². The number of hydrogen-bond acceptors (Lipinski definition) is 4. The zero-order valence-electron chi connectivity index (χ0n) is 13.2. The van der Waals surface area contributed by atoms with Gasteiger partial charge in [-0.05, 0) is 30.0 Å². The minimum atomic E-state index is -1.14. The van der Waals surface area contributed by atoms with Gasteiger partial charge in [0.05, 0.1) is 6.04 Å². The average molecular weight is 295 g/mol. The molecule has 0 aliphatic rings. The van der Waals surface area contributed by atoms with E-state index in [9.17, 15) is 19.8 Å². The fraction of sp³-hybridized carbons (Fsp3) is 0.467. The van der Waals surface area contributed by atoms with Crippen molar-refractivity contribution in [1.29, 1.82) is 0 Å². The third-order valence-corrected chi connectivity index (χ3v) is 3.01. The molecule has 0 bridgehead atoms. The summed E-state index contributed by atoms with van der Waals surface area (Å²) < 4.78 is 7.19. The minimum Gasteiger partial charge on any atom is -0.508 e. The highest BCUT2D eigenvalue weighted by Crippen LogP contribution is 2.12. The number of amides is 1. The van der Waals surface area contributed by atoms with Crippen molar-refractivity contribution in [2.75, 3.05) is 0 Å². The molecule has 0 saturated carbocycles. The smallest absolute Gasteiger partial charge is 0.326 e. The van der Waals surface area contributed by atoms with Crippen molar-refractivity contribution in [1.82, 2.24) is 5.32 Å². The van der Waals surface area contributed by atoms with Gasteiger partial charge in [0, 0.05) is 6.42 Å². The molecule has 0 spiro atoms. The molecule has 0 radical (unpaired) electrons. The molecule has 0 saturated heterocycles. The molecule has 0 heterocycles. The number of phenols is 1. The molecule has 1 aromatic carbocycles. The van der Waals surface area contributed by atoms with E-state index in [1.54, 1.807) is 12.1 Å². The van der Waals surface area contributed by atoms with Crippen molar-refractivity contribution in [3.8, 4) is 5.75 Å². The van der Waals surface area contributed by atoms with Crippen LogP contribution in [0.25, 0.3) is 0 Å². The Morgan fingerprint density at radius 3 is 2.43 bits per heavy atom. The van der Waals surface area contributed by atoms with Crippen molar-refractivity contribution in [2.45, 2.75) is 38.8 Å². The minimum absolute atomic E-state index is 0.0927. The predicted octanol–water partition coefficient (Wildman–Crippen LogP) is 0.877. The Morgan fingerprint density at radius 2 is 1.95 bits per heavy atom. The summed E-state index contributed by atoms with van der Waals surface area (Å²) in [5, 5.41) is 20.9. The van der Waals surface area contributed by atoms with Crippen LogP contribution >= 0.6 is 0 Å². The highest BCUT2D eigenvalue weighted by Gasteiger charge is 2.23. The highest BCUT2D eigenvalue weighted by atomic mass is 16.4. The van der Waals surface area contributed by atoms with Crippen LogP contribution in [-0.4, -0.2) is 34.2 Å². The van der Waals surface area contributed by atoms with Gasteiger partial charge in [-0.15, -0.1) is 0 Å². The molecule has 1 amide bonds. The first kappa shape index (κ1) is 15.3.